The normalized spacial score (nSPS) is 22.7. The highest BCUT2D eigenvalue weighted by molar-refractivity contribution is 9.10. The molecule has 3 nitrogen and oxygen atoms in total. The second kappa shape index (κ2) is 4.68. The minimum absolute atomic E-state index is 0.239. The van der Waals surface area contributed by atoms with Gasteiger partial charge in [-0.1, -0.05) is 15.9 Å². The number of likely N-dealkylation sites (N-methyl/N-ethyl adjacent to an activating group) is 1. The van der Waals surface area contributed by atoms with E-state index in [1.54, 1.807) is 0 Å². The predicted octanol–water partition coefficient (Wildman–Crippen LogP) is 3.06. The van der Waals surface area contributed by atoms with Crippen molar-refractivity contribution in [1.29, 1.82) is 0 Å². The molecule has 96 valence electrons. The van der Waals surface area contributed by atoms with E-state index in [0.29, 0.717) is 0 Å². The standard InChI is InChI=1S/C14H17BrN2O/c1-17-6-2-3-13(17)14(18)11-8-16-12-5-4-9(15)7-10(11)12/h4-5,7-8,13-14,16,18H,2-3,6H2,1H3/t13-,14+/m1/s1. The molecule has 0 aliphatic carbocycles. The first-order chi connectivity index (χ1) is 8.66. The molecular formula is C14H17BrN2O. The van der Waals surface area contributed by atoms with Crippen LogP contribution in [0.1, 0.15) is 24.5 Å². The van der Waals surface area contributed by atoms with Crippen molar-refractivity contribution >= 4 is 26.8 Å². The van der Waals surface area contributed by atoms with E-state index in [1.807, 2.05) is 18.3 Å². The van der Waals surface area contributed by atoms with Crippen molar-refractivity contribution < 1.29 is 5.11 Å². The van der Waals surface area contributed by atoms with Gasteiger partial charge in [0.2, 0.25) is 0 Å². The van der Waals surface area contributed by atoms with Gasteiger partial charge in [0.15, 0.2) is 0 Å². The van der Waals surface area contributed by atoms with Crippen molar-refractivity contribution in [2.75, 3.05) is 13.6 Å². The van der Waals surface area contributed by atoms with Crippen LogP contribution in [-0.2, 0) is 0 Å². The number of aromatic nitrogens is 1. The summed E-state index contributed by atoms with van der Waals surface area (Å²) in [7, 11) is 2.09. The highest BCUT2D eigenvalue weighted by atomic mass is 79.9. The van der Waals surface area contributed by atoms with Gasteiger partial charge in [-0.3, -0.25) is 0 Å². The number of H-pyrrole nitrogens is 1. The Labute approximate surface area is 115 Å². The van der Waals surface area contributed by atoms with Crippen molar-refractivity contribution in [2.24, 2.45) is 0 Å². The summed E-state index contributed by atoms with van der Waals surface area (Å²) in [5.74, 6) is 0. The lowest BCUT2D eigenvalue weighted by Crippen LogP contribution is -2.30. The number of aliphatic hydroxyl groups excluding tert-OH is 1. The average Bonchev–Trinajstić information content (AvgIpc) is 2.94. The van der Waals surface area contributed by atoms with Gasteiger partial charge in [-0.15, -0.1) is 0 Å². The first kappa shape index (κ1) is 12.2. The van der Waals surface area contributed by atoms with E-state index in [4.69, 9.17) is 0 Å². The molecule has 2 heterocycles. The van der Waals surface area contributed by atoms with E-state index < -0.39 is 6.10 Å². The molecule has 0 bridgehead atoms. The SMILES string of the molecule is CN1CCC[C@@H]1[C@@H](O)c1c[nH]c2ccc(Br)cc12. The fraction of sp³-hybridized carbons (Fsp3) is 0.429. The molecule has 1 aromatic heterocycles. The van der Waals surface area contributed by atoms with Crippen LogP contribution in [0, 0.1) is 0 Å². The third kappa shape index (κ3) is 1.98. The van der Waals surface area contributed by atoms with Crippen molar-refractivity contribution in [3.05, 3.63) is 34.4 Å². The Hall–Kier alpha value is -0.840. The Morgan fingerprint density at radius 1 is 1.50 bits per heavy atom. The van der Waals surface area contributed by atoms with Crippen LogP contribution in [0.2, 0.25) is 0 Å². The second-order valence-electron chi connectivity index (χ2n) is 5.07. The molecule has 1 aliphatic rings. The highest BCUT2D eigenvalue weighted by Crippen LogP contribution is 2.33. The zero-order valence-electron chi connectivity index (χ0n) is 10.4. The Morgan fingerprint density at radius 3 is 3.06 bits per heavy atom. The first-order valence-electron chi connectivity index (χ1n) is 6.31. The van der Waals surface area contributed by atoms with Gasteiger partial charge in [-0.05, 0) is 44.6 Å². The molecular weight excluding hydrogens is 292 g/mol. The van der Waals surface area contributed by atoms with Crippen LogP contribution in [0.15, 0.2) is 28.9 Å². The number of likely N-dealkylation sites (tertiary alicyclic amines) is 1. The van der Waals surface area contributed by atoms with Gasteiger partial charge in [0, 0.05) is 33.2 Å². The maximum atomic E-state index is 10.6. The fourth-order valence-corrected chi connectivity index (χ4v) is 3.26. The van der Waals surface area contributed by atoms with E-state index in [-0.39, 0.29) is 6.04 Å². The predicted molar refractivity (Wildman–Crippen MR) is 76.6 cm³/mol. The summed E-state index contributed by atoms with van der Waals surface area (Å²) in [5, 5.41) is 11.7. The molecule has 0 amide bonds. The lowest BCUT2D eigenvalue weighted by Gasteiger charge is -2.24. The zero-order chi connectivity index (χ0) is 12.7. The minimum atomic E-state index is -0.416. The molecule has 1 aliphatic heterocycles. The first-order valence-corrected chi connectivity index (χ1v) is 7.11. The number of nitrogens with one attached hydrogen (secondary N) is 1. The van der Waals surface area contributed by atoms with Crippen molar-refractivity contribution in [1.82, 2.24) is 9.88 Å². The summed E-state index contributed by atoms with van der Waals surface area (Å²) < 4.78 is 1.04. The van der Waals surface area contributed by atoms with E-state index >= 15 is 0 Å². The number of benzene rings is 1. The molecule has 1 saturated heterocycles. The van der Waals surface area contributed by atoms with E-state index in [1.165, 1.54) is 6.42 Å². The number of nitrogens with zero attached hydrogens (tertiary/aromatic N) is 1. The molecule has 0 unspecified atom stereocenters. The molecule has 2 aromatic rings. The average molecular weight is 309 g/mol. The summed E-state index contributed by atoms with van der Waals surface area (Å²) in [6.07, 6.45) is 3.76. The number of aliphatic hydroxyl groups is 1. The van der Waals surface area contributed by atoms with E-state index in [0.717, 1.165) is 33.9 Å². The topological polar surface area (TPSA) is 39.3 Å². The van der Waals surface area contributed by atoms with Crippen LogP contribution in [0.4, 0.5) is 0 Å². The monoisotopic (exact) mass is 308 g/mol. The van der Waals surface area contributed by atoms with Crippen molar-refractivity contribution in [2.45, 2.75) is 25.0 Å². The van der Waals surface area contributed by atoms with E-state index in [9.17, 15) is 5.11 Å². The lowest BCUT2D eigenvalue weighted by atomic mass is 10.00. The molecule has 3 rings (SSSR count). The largest absolute Gasteiger partial charge is 0.387 e. The third-order valence-electron chi connectivity index (χ3n) is 3.94. The van der Waals surface area contributed by atoms with Crippen molar-refractivity contribution in [3.8, 4) is 0 Å². The maximum Gasteiger partial charge on any atom is 0.0965 e. The van der Waals surface area contributed by atoms with Crippen LogP contribution in [0.25, 0.3) is 10.9 Å². The van der Waals surface area contributed by atoms with Crippen LogP contribution in [0.3, 0.4) is 0 Å². The third-order valence-corrected chi connectivity index (χ3v) is 4.43. The van der Waals surface area contributed by atoms with Crippen LogP contribution in [-0.4, -0.2) is 34.6 Å². The van der Waals surface area contributed by atoms with Gasteiger partial charge in [0.25, 0.3) is 0 Å². The molecule has 4 heteroatoms. The van der Waals surface area contributed by atoms with Gasteiger partial charge >= 0.3 is 0 Å². The quantitative estimate of drug-likeness (QED) is 0.895. The summed E-state index contributed by atoms with van der Waals surface area (Å²) in [4.78, 5) is 5.49. The summed E-state index contributed by atoms with van der Waals surface area (Å²) >= 11 is 3.49. The Morgan fingerprint density at radius 2 is 2.33 bits per heavy atom. The molecule has 0 saturated carbocycles. The van der Waals surface area contributed by atoms with Gasteiger partial charge in [0.1, 0.15) is 0 Å². The molecule has 1 aromatic carbocycles. The van der Waals surface area contributed by atoms with Crippen molar-refractivity contribution in [3.63, 3.8) is 0 Å². The zero-order valence-corrected chi connectivity index (χ0v) is 11.9. The molecule has 0 radical (unpaired) electrons. The molecule has 2 N–H and O–H groups in total. The number of hydrogen-bond donors (Lipinski definition) is 2. The second-order valence-corrected chi connectivity index (χ2v) is 5.98. The highest BCUT2D eigenvalue weighted by Gasteiger charge is 2.30. The number of halogens is 1. The fourth-order valence-electron chi connectivity index (χ4n) is 2.90. The Kier molecular flexibility index (Phi) is 3.18. The van der Waals surface area contributed by atoms with Gasteiger partial charge < -0.3 is 15.0 Å². The lowest BCUT2D eigenvalue weighted by molar-refractivity contribution is 0.0868. The Bertz CT molecular complexity index is 566. The Balaban J connectivity index is 2.00. The van der Waals surface area contributed by atoms with Crippen LogP contribution in [0.5, 0.6) is 0 Å². The molecule has 2 atom stereocenters. The number of fused-ring (bicyclic) bond motifs is 1. The summed E-state index contributed by atoms with van der Waals surface area (Å²) in [6, 6.07) is 6.35. The molecule has 1 fully saturated rings. The number of hydrogen-bond acceptors (Lipinski definition) is 2. The van der Waals surface area contributed by atoms with Crippen LogP contribution < -0.4 is 0 Å². The van der Waals surface area contributed by atoms with Gasteiger partial charge in [0.05, 0.1) is 6.10 Å². The van der Waals surface area contributed by atoms with Gasteiger partial charge in [-0.2, -0.15) is 0 Å². The summed E-state index contributed by atoms with van der Waals surface area (Å²) in [5.41, 5.74) is 2.08. The minimum Gasteiger partial charge on any atom is -0.387 e. The summed E-state index contributed by atoms with van der Waals surface area (Å²) in [6.45, 7) is 1.08. The molecule has 18 heavy (non-hydrogen) atoms. The molecule has 0 spiro atoms. The number of rotatable bonds is 2. The van der Waals surface area contributed by atoms with Crippen LogP contribution >= 0.6 is 15.9 Å². The number of aromatic amines is 1. The maximum absolute atomic E-state index is 10.6. The smallest absolute Gasteiger partial charge is 0.0965 e. The van der Waals surface area contributed by atoms with Gasteiger partial charge in [-0.25, -0.2) is 0 Å². The van der Waals surface area contributed by atoms with E-state index in [2.05, 4.69) is 38.9 Å².